The monoisotopic (exact) mass is 314 g/mol. The Balaban J connectivity index is -0.0000000257. The first-order valence-electron chi connectivity index (χ1n) is 2.19. The summed E-state index contributed by atoms with van der Waals surface area (Å²) in [6.45, 7) is 0. The molecule has 0 atom stereocenters. The topological polar surface area (TPSA) is 265 Å². The van der Waals surface area contributed by atoms with Gasteiger partial charge in [0.05, 0.1) is 20.3 Å². The average molecular weight is 314 g/mol. The van der Waals surface area contributed by atoms with Gasteiger partial charge in [0.2, 0.25) is 0 Å². The molecule has 0 aliphatic carbocycles. The minimum absolute atomic E-state index is 0. The maximum Gasteiger partial charge on any atom is 3.00 e. The smallest absolute Gasteiger partial charge is 0.356 e. The van der Waals surface area contributed by atoms with E-state index in [0.717, 1.165) is 0 Å². The molecule has 16 nitrogen and oxygen atoms in total. The molecule has 0 fully saturated rings. The maximum absolute atomic E-state index is 8.25. The minimum atomic E-state index is -1.75. The predicted octanol–water partition coefficient (Wildman–Crippen LogP) is -4.33. The molecule has 0 amide bonds. The van der Waals surface area contributed by atoms with Crippen LogP contribution in [0, 0.1) is 61.3 Å². The number of hydrogen-bond donors (Lipinski definition) is 0. The zero-order valence-electron chi connectivity index (χ0n) is 8.27. The third-order valence-corrected chi connectivity index (χ3v) is 0. The van der Waals surface area contributed by atoms with Gasteiger partial charge in [-0.15, -0.1) is 0 Å². The summed E-state index contributed by atoms with van der Waals surface area (Å²) in [4.78, 5) is 33.0. The second-order valence-electron chi connectivity index (χ2n) is 0.894. The van der Waals surface area contributed by atoms with Gasteiger partial charge in [0.25, 0.3) is 0 Å². The largest absolute Gasteiger partial charge is 3.00 e. The summed E-state index contributed by atoms with van der Waals surface area (Å²) in [5, 5.41) is 59.0. The van der Waals surface area contributed by atoms with Crippen LogP contribution in [-0.2, 0) is 0 Å². The SMILES string of the molecule is O=[N+]([O-])[O-].O=[N+]([O-])[O-].O=[N+]([O-])[O-].O=[N+]([O-])[O-].[Al+3].[K+]. The van der Waals surface area contributed by atoms with Gasteiger partial charge in [-0.25, -0.2) is 0 Å². The Morgan fingerprint density at radius 2 is 0.444 bits per heavy atom. The number of rotatable bonds is 0. The third kappa shape index (κ3) is 2750. The molecule has 0 unspecified atom stereocenters. The van der Waals surface area contributed by atoms with Crippen LogP contribution in [0.5, 0.6) is 0 Å². The molecular weight excluding hydrogens is 314 g/mol. The van der Waals surface area contributed by atoms with Crippen molar-refractivity contribution < 1.29 is 71.7 Å². The molecule has 0 aromatic carbocycles. The molecule has 0 spiro atoms. The zero-order chi connectivity index (χ0) is 14.3. The van der Waals surface area contributed by atoms with Crippen molar-refractivity contribution in [3.63, 3.8) is 0 Å². The quantitative estimate of drug-likeness (QED) is 0.233. The van der Waals surface area contributed by atoms with Crippen LogP contribution in [0.4, 0.5) is 0 Å². The van der Waals surface area contributed by atoms with E-state index in [4.69, 9.17) is 61.3 Å². The van der Waals surface area contributed by atoms with Crippen molar-refractivity contribution in [2.24, 2.45) is 0 Å². The van der Waals surface area contributed by atoms with Crippen molar-refractivity contribution in [3.8, 4) is 0 Å². The van der Waals surface area contributed by atoms with Crippen LogP contribution in [0.15, 0.2) is 0 Å². The predicted molar refractivity (Wildman–Crippen MR) is 47.2 cm³/mol. The van der Waals surface area contributed by atoms with Gasteiger partial charge < -0.3 is 61.3 Å². The maximum atomic E-state index is 8.25. The van der Waals surface area contributed by atoms with Crippen molar-refractivity contribution >= 4 is 17.4 Å². The van der Waals surface area contributed by atoms with Crippen LogP contribution in [-0.4, -0.2) is 37.7 Å². The van der Waals surface area contributed by atoms with Gasteiger partial charge in [0.15, 0.2) is 0 Å². The van der Waals surface area contributed by atoms with Gasteiger partial charge in [-0.05, 0) is 0 Å². The summed E-state index contributed by atoms with van der Waals surface area (Å²) < 4.78 is 0. The average Bonchev–Trinajstić information content (AvgIpc) is 1.76. The van der Waals surface area contributed by atoms with Crippen LogP contribution in [0.25, 0.3) is 0 Å². The second-order valence-corrected chi connectivity index (χ2v) is 0.894. The fraction of sp³-hybridized carbons (Fsp3) is 0. The molecule has 0 rings (SSSR count). The number of nitrogens with zero attached hydrogens (tertiary/aromatic N) is 4. The van der Waals surface area contributed by atoms with E-state index in [-0.39, 0.29) is 68.7 Å². The first kappa shape index (κ1) is 36.0. The molecule has 0 aliphatic rings. The standard InChI is InChI=1S/Al.K.4NO3/c;;4*2-1(3)4/q+3;+1;4*-1. The van der Waals surface area contributed by atoms with E-state index in [0.29, 0.717) is 0 Å². The van der Waals surface area contributed by atoms with E-state index in [2.05, 4.69) is 0 Å². The van der Waals surface area contributed by atoms with E-state index in [1.165, 1.54) is 0 Å². The first-order chi connectivity index (χ1) is 6.93. The molecule has 0 aromatic heterocycles. The molecule has 0 bridgehead atoms. The molecule has 96 valence electrons. The summed E-state index contributed by atoms with van der Waals surface area (Å²) >= 11 is 0. The van der Waals surface area contributed by atoms with Crippen molar-refractivity contribution in [1.82, 2.24) is 0 Å². The zero-order valence-corrected chi connectivity index (χ0v) is 12.5. The summed E-state index contributed by atoms with van der Waals surface area (Å²) in [7, 11) is 0. The first-order valence-corrected chi connectivity index (χ1v) is 2.19. The Morgan fingerprint density at radius 3 is 0.444 bits per heavy atom. The minimum Gasteiger partial charge on any atom is -0.356 e. The van der Waals surface area contributed by atoms with Gasteiger partial charge in [0, 0.05) is 0 Å². The Bertz CT molecular complexity index is 164. The van der Waals surface area contributed by atoms with Crippen LogP contribution >= 0.6 is 0 Å². The molecule has 0 saturated heterocycles. The second kappa shape index (κ2) is 29.7. The molecule has 0 heterocycles. The Kier molecular flexibility index (Phi) is 59.4. The van der Waals surface area contributed by atoms with E-state index in [1.807, 2.05) is 0 Å². The summed E-state index contributed by atoms with van der Waals surface area (Å²) in [6.07, 6.45) is 0. The van der Waals surface area contributed by atoms with Crippen molar-refractivity contribution in [1.29, 1.82) is 0 Å². The molecule has 0 radical (unpaired) electrons. The van der Waals surface area contributed by atoms with Gasteiger partial charge >= 0.3 is 68.7 Å². The fourth-order valence-electron chi connectivity index (χ4n) is 0. The molecule has 18 heteroatoms. The Labute approximate surface area is 149 Å². The van der Waals surface area contributed by atoms with Crippen LogP contribution in [0.1, 0.15) is 0 Å². The van der Waals surface area contributed by atoms with E-state index < -0.39 is 20.3 Å². The molecule has 0 aromatic rings. The van der Waals surface area contributed by atoms with Crippen LogP contribution in [0.2, 0.25) is 0 Å². The van der Waals surface area contributed by atoms with Gasteiger partial charge in [-0.1, -0.05) is 0 Å². The van der Waals surface area contributed by atoms with Crippen molar-refractivity contribution in [3.05, 3.63) is 61.3 Å². The summed E-state index contributed by atoms with van der Waals surface area (Å²) in [6, 6.07) is 0. The Morgan fingerprint density at radius 1 is 0.444 bits per heavy atom. The summed E-state index contributed by atoms with van der Waals surface area (Å²) in [5.74, 6) is 0. The molecular formula is AlKN4O12. The molecule has 18 heavy (non-hydrogen) atoms. The Hall–Kier alpha value is -1.03. The van der Waals surface area contributed by atoms with Crippen LogP contribution in [0.3, 0.4) is 0 Å². The normalized spacial score (nSPS) is 5.33. The molecule has 0 N–H and O–H groups in total. The number of hydrogen-bond acceptors (Lipinski definition) is 12. The van der Waals surface area contributed by atoms with Gasteiger partial charge in [0.1, 0.15) is 0 Å². The van der Waals surface area contributed by atoms with Gasteiger partial charge in [-0.2, -0.15) is 0 Å². The fourth-order valence-corrected chi connectivity index (χ4v) is 0. The van der Waals surface area contributed by atoms with E-state index in [9.17, 15) is 0 Å². The third-order valence-electron chi connectivity index (χ3n) is 0. The van der Waals surface area contributed by atoms with Crippen LogP contribution < -0.4 is 51.4 Å². The van der Waals surface area contributed by atoms with Gasteiger partial charge in [-0.3, -0.25) is 0 Å². The van der Waals surface area contributed by atoms with Crippen molar-refractivity contribution in [2.45, 2.75) is 0 Å². The molecule has 0 aliphatic heterocycles. The van der Waals surface area contributed by atoms with E-state index in [1.54, 1.807) is 0 Å². The molecule has 0 saturated carbocycles. The van der Waals surface area contributed by atoms with Crippen molar-refractivity contribution in [2.75, 3.05) is 0 Å². The summed E-state index contributed by atoms with van der Waals surface area (Å²) in [5.41, 5.74) is 0. The van der Waals surface area contributed by atoms with E-state index >= 15 is 0 Å².